The Morgan fingerprint density at radius 3 is 2.64 bits per heavy atom. The third-order valence-corrected chi connectivity index (χ3v) is 4.97. The van der Waals surface area contributed by atoms with Crippen LogP contribution >= 0.6 is 0 Å². The van der Waals surface area contributed by atoms with Crippen molar-refractivity contribution in [1.82, 2.24) is 0 Å². The fraction of sp³-hybridized carbons (Fsp3) is 0.923. The molecule has 0 bridgehead atoms. The normalized spacial score (nSPS) is 47.3. The molecule has 3 aliphatic rings. The number of rotatable bonds is 0. The van der Waals surface area contributed by atoms with Crippen LogP contribution in [0.2, 0.25) is 0 Å². The monoisotopic (exact) mass is 192 g/mol. The number of carbonyl (C=O) groups is 1. The Labute approximate surface area is 86.3 Å². The van der Waals surface area contributed by atoms with Gasteiger partial charge in [-0.1, -0.05) is 19.3 Å². The maximum atomic E-state index is 11.8. The molecule has 78 valence electrons. The zero-order valence-electron chi connectivity index (χ0n) is 8.87. The van der Waals surface area contributed by atoms with Gasteiger partial charge in [0.1, 0.15) is 5.78 Å². The van der Waals surface area contributed by atoms with Crippen LogP contribution in [0.5, 0.6) is 0 Å². The summed E-state index contributed by atoms with van der Waals surface area (Å²) in [5, 5.41) is 0. The van der Waals surface area contributed by atoms with Gasteiger partial charge in [-0.2, -0.15) is 0 Å². The number of carbonyl (C=O) groups excluding carboxylic acids is 1. The lowest BCUT2D eigenvalue weighted by molar-refractivity contribution is -0.126. The summed E-state index contributed by atoms with van der Waals surface area (Å²) in [6, 6.07) is 0. The van der Waals surface area contributed by atoms with Crippen LogP contribution in [0, 0.1) is 23.7 Å². The van der Waals surface area contributed by atoms with Crippen LogP contribution in [0.25, 0.3) is 0 Å². The Hall–Kier alpha value is -0.330. The smallest absolute Gasteiger partial charge is 0.136 e. The summed E-state index contributed by atoms with van der Waals surface area (Å²) in [5.74, 6) is 3.79. The summed E-state index contributed by atoms with van der Waals surface area (Å²) < 4.78 is 0. The Bertz CT molecular complexity index is 246. The van der Waals surface area contributed by atoms with E-state index in [4.69, 9.17) is 0 Å². The largest absolute Gasteiger partial charge is 0.299 e. The molecule has 3 aliphatic carbocycles. The predicted octanol–water partition coefficient (Wildman–Crippen LogP) is 3.18. The molecule has 0 N–H and O–H groups in total. The first kappa shape index (κ1) is 8.94. The van der Waals surface area contributed by atoms with Gasteiger partial charge in [0.2, 0.25) is 0 Å². The molecule has 0 aliphatic heterocycles. The highest BCUT2D eigenvalue weighted by Gasteiger charge is 2.47. The number of fused-ring (bicyclic) bond motifs is 3. The summed E-state index contributed by atoms with van der Waals surface area (Å²) in [5.41, 5.74) is 0. The zero-order valence-corrected chi connectivity index (χ0v) is 8.87. The molecule has 14 heavy (non-hydrogen) atoms. The van der Waals surface area contributed by atoms with Crippen molar-refractivity contribution in [2.45, 2.75) is 51.4 Å². The van der Waals surface area contributed by atoms with Crippen molar-refractivity contribution in [2.75, 3.05) is 0 Å². The van der Waals surface area contributed by atoms with Gasteiger partial charge in [-0.3, -0.25) is 4.79 Å². The molecular weight excluding hydrogens is 172 g/mol. The van der Waals surface area contributed by atoms with Gasteiger partial charge in [-0.15, -0.1) is 0 Å². The van der Waals surface area contributed by atoms with E-state index in [0.717, 1.165) is 24.2 Å². The second-order valence-corrected chi connectivity index (χ2v) is 5.57. The summed E-state index contributed by atoms with van der Waals surface area (Å²) in [6.45, 7) is 0. The molecule has 0 aromatic rings. The van der Waals surface area contributed by atoms with Crippen LogP contribution < -0.4 is 0 Å². The predicted molar refractivity (Wildman–Crippen MR) is 55.9 cm³/mol. The summed E-state index contributed by atoms with van der Waals surface area (Å²) in [4.78, 5) is 11.8. The van der Waals surface area contributed by atoms with Gasteiger partial charge < -0.3 is 0 Å². The Morgan fingerprint density at radius 1 is 0.929 bits per heavy atom. The molecular formula is C13H20O. The van der Waals surface area contributed by atoms with Gasteiger partial charge >= 0.3 is 0 Å². The molecule has 1 nitrogen and oxygen atoms in total. The zero-order chi connectivity index (χ0) is 9.54. The van der Waals surface area contributed by atoms with Gasteiger partial charge in [0.05, 0.1) is 0 Å². The molecule has 0 aromatic heterocycles. The fourth-order valence-electron chi connectivity index (χ4n) is 4.37. The van der Waals surface area contributed by atoms with Crippen molar-refractivity contribution >= 4 is 5.78 Å². The summed E-state index contributed by atoms with van der Waals surface area (Å²) in [7, 11) is 0. The van der Waals surface area contributed by atoms with Gasteiger partial charge in [-0.25, -0.2) is 0 Å². The van der Waals surface area contributed by atoms with Gasteiger partial charge in [0, 0.05) is 12.3 Å². The minimum Gasteiger partial charge on any atom is -0.299 e. The molecule has 3 rings (SSSR count). The van der Waals surface area contributed by atoms with Crippen LogP contribution in [0.15, 0.2) is 0 Å². The molecule has 0 aromatic carbocycles. The van der Waals surface area contributed by atoms with Gasteiger partial charge in [0.25, 0.3) is 0 Å². The number of hydrogen-bond acceptors (Lipinski definition) is 1. The molecule has 0 saturated heterocycles. The van der Waals surface area contributed by atoms with Crippen LogP contribution in [0.3, 0.4) is 0 Å². The highest BCUT2D eigenvalue weighted by atomic mass is 16.1. The number of hydrogen-bond donors (Lipinski definition) is 0. The van der Waals surface area contributed by atoms with Crippen LogP contribution in [-0.2, 0) is 4.79 Å². The van der Waals surface area contributed by atoms with E-state index in [9.17, 15) is 4.79 Å². The van der Waals surface area contributed by atoms with Crippen molar-refractivity contribution < 1.29 is 4.79 Å². The van der Waals surface area contributed by atoms with E-state index in [1.807, 2.05) is 0 Å². The molecule has 4 atom stereocenters. The van der Waals surface area contributed by atoms with E-state index in [2.05, 4.69) is 0 Å². The molecule has 1 heteroatoms. The minimum absolute atomic E-state index is 0.497. The first-order chi connectivity index (χ1) is 6.86. The second kappa shape index (κ2) is 3.36. The first-order valence-corrected chi connectivity index (χ1v) is 6.39. The summed E-state index contributed by atoms with van der Waals surface area (Å²) in [6.07, 6.45) is 10.4. The van der Waals surface area contributed by atoms with Crippen LogP contribution in [-0.4, -0.2) is 5.78 Å². The standard InChI is InChI=1S/C13H20O/c14-13-7-3-6-11-10-5-2-1-4-9(10)8-12(11)13/h9-12H,1-8H2/t9-,10+,11-,12-/m1/s1. The molecule has 0 heterocycles. The maximum absolute atomic E-state index is 11.8. The third-order valence-electron chi connectivity index (χ3n) is 4.97. The van der Waals surface area contributed by atoms with Crippen LogP contribution in [0.4, 0.5) is 0 Å². The van der Waals surface area contributed by atoms with E-state index >= 15 is 0 Å². The Kier molecular flexibility index (Phi) is 2.14. The van der Waals surface area contributed by atoms with E-state index in [1.54, 1.807) is 0 Å². The summed E-state index contributed by atoms with van der Waals surface area (Å²) >= 11 is 0. The lowest BCUT2D eigenvalue weighted by Gasteiger charge is -2.31. The molecule has 3 fully saturated rings. The Morgan fingerprint density at radius 2 is 1.71 bits per heavy atom. The minimum atomic E-state index is 0.497. The van der Waals surface area contributed by atoms with Gasteiger partial charge in [-0.05, 0) is 43.4 Å². The third kappa shape index (κ3) is 1.24. The molecule has 0 spiro atoms. The molecule has 0 unspecified atom stereocenters. The molecule has 3 saturated carbocycles. The van der Waals surface area contributed by atoms with E-state index in [0.29, 0.717) is 11.7 Å². The average Bonchev–Trinajstić information content (AvgIpc) is 2.59. The van der Waals surface area contributed by atoms with Crippen molar-refractivity contribution in [3.63, 3.8) is 0 Å². The highest BCUT2D eigenvalue weighted by Crippen LogP contribution is 2.52. The van der Waals surface area contributed by atoms with E-state index < -0.39 is 0 Å². The second-order valence-electron chi connectivity index (χ2n) is 5.57. The molecule has 0 amide bonds. The SMILES string of the molecule is O=C1CCC[C@@H]2[C@H]3CCCC[C@@H]3C[C@@H]12. The number of Topliss-reactive ketones (excluding diaryl/α,β-unsaturated/α-hetero) is 1. The van der Waals surface area contributed by atoms with Crippen molar-refractivity contribution in [1.29, 1.82) is 0 Å². The first-order valence-electron chi connectivity index (χ1n) is 6.39. The lowest BCUT2D eigenvalue weighted by Crippen LogP contribution is -2.27. The fourth-order valence-corrected chi connectivity index (χ4v) is 4.37. The van der Waals surface area contributed by atoms with E-state index in [-0.39, 0.29) is 0 Å². The van der Waals surface area contributed by atoms with E-state index in [1.165, 1.54) is 44.9 Å². The van der Waals surface area contributed by atoms with Gasteiger partial charge in [0.15, 0.2) is 0 Å². The van der Waals surface area contributed by atoms with Crippen molar-refractivity contribution in [2.24, 2.45) is 23.7 Å². The van der Waals surface area contributed by atoms with Crippen molar-refractivity contribution in [3.8, 4) is 0 Å². The van der Waals surface area contributed by atoms with Crippen molar-refractivity contribution in [3.05, 3.63) is 0 Å². The highest BCUT2D eigenvalue weighted by molar-refractivity contribution is 5.82. The number of ketones is 1. The molecule has 0 radical (unpaired) electrons. The average molecular weight is 192 g/mol. The topological polar surface area (TPSA) is 17.1 Å². The Balaban J connectivity index is 1.82. The lowest BCUT2D eigenvalue weighted by atomic mass is 9.73. The van der Waals surface area contributed by atoms with Crippen LogP contribution in [0.1, 0.15) is 51.4 Å². The quantitative estimate of drug-likeness (QED) is 0.576. The maximum Gasteiger partial charge on any atom is 0.136 e.